The summed E-state index contributed by atoms with van der Waals surface area (Å²) in [5.41, 5.74) is 15.1. The summed E-state index contributed by atoms with van der Waals surface area (Å²) < 4.78 is 13.7. The van der Waals surface area contributed by atoms with Crippen LogP contribution < -0.4 is 30.1 Å². The number of imidazole rings is 1. The Hall–Kier alpha value is -8.67. The first kappa shape index (κ1) is 51.7. The number of rotatable bonds is 8. The molecule has 1 aliphatic heterocycles. The minimum Gasteiger partial charge on any atom is -0.510 e. The quantitative estimate of drug-likeness (QED) is 0.0658. The average Bonchev–Trinajstić information content (AvgIpc) is 3.58. The van der Waals surface area contributed by atoms with Crippen LogP contribution in [0.2, 0.25) is 0 Å². The number of nitrogens with zero attached hydrogens (tertiary/aromatic N) is 4. The Kier molecular flexibility index (Phi) is 12.9. The van der Waals surface area contributed by atoms with E-state index in [0.717, 1.165) is 61.2 Å². The second kappa shape index (κ2) is 20.1. The Morgan fingerprint density at radius 1 is 0.457 bits per heavy atom. The number of fused-ring (bicyclic) bond motifs is 10. The molecule has 5 nitrogen and oxygen atoms in total. The molecule has 0 atom stereocenters. The summed E-state index contributed by atoms with van der Waals surface area (Å²) in [7, 11) is -2.86. The van der Waals surface area contributed by atoms with E-state index in [0.29, 0.717) is 11.5 Å². The minimum atomic E-state index is -2.86. The van der Waals surface area contributed by atoms with Crippen molar-refractivity contribution < 1.29 is 30.4 Å². The van der Waals surface area contributed by atoms with Crippen LogP contribution in [0.3, 0.4) is 0 Å². The standard InChI is InChI=1S/C74H58N4OSi.Pt/c1-73(2,3)50-43-44-75-70(45-50)78-67-42-40-57(80(54-25-10-7-11-26-54,55-27-12-8-13-28-55)56-29-14-9-15-30-56)48-65(67)62-41-39-53(47-69(62)78)79-52-24-20-23-51(46-52)76-49-77-71-63(35-21-37-66(71)74(4,5)6)60-33-18-16-31-58(60)59-32-17-19-34-61(59)64-36-22-38-68(76)72(64)77;/h7-45,48H,1-6H3;/q-2;. The smallest absolute Gasteiger partial charge is 0.268 e. The van der Waals surface area contributed by atoms with E-state index >= 15 is 0 Å². The molecule has 14 rings (SSSR count). The summed E-state index contributed by atoms with van der Waals surface area (Å²) in [6.45, 7) is 13.6. The van der Waals surface area contributed by atoms with Crippen LogP contribution in [0.4, 0.5) is 0 Å². The summed E-state index contributed by atoms with van der Waals surface area (Å²) >= 11 is 0. The summed E-state index contributed by atoms with van der Waals surface area (Å²) in [6, 6.07) is 93.6. The van der Waals surface area contributed by atoms with Gasteiger partial charge in [-0.15, -0.1) is 29.7 Å². The molecule has 0 N–H and O–H groups in total. The summed E-state index contributed by atoms with van der Waals surface area (Å²) in [4.78, 5) is 5.08. The van der Waals surface area contributed by atoms with Gasteiger partial charge in [-0.05, 0) is 105 Å². The van der Waals surface area contributed by atoms with Crippen LogP contribution in [0.5, 0.6) is 11.5 Å². The molecule has 81 heavy (non-hydrogen) atoms. The van der Waals surface area contributed by atoms with Gasteiger partial charge in [0.05, 0.1) is 16.7 Å². The third-order valence-electron chi connectivity index (χ3n) is 16.2. The van der Waals surface area contributed by atoms with E-state index in [1.165, 1.54) is 54.1 Å². The van der Waals surface area contributed by atoms with Crippen molar-refractivity contribution in [2.24, 2.45) is 0 Å². The van der Waals surface area contributed by atoms with Crippen LogP contribution in [-0.4, -0.2) is 22.2 Å². The van der Waals surface area contributed by atoms with Crippen LogP contribution >= 0.6 is 0 Å². The van der Waals surface area contributed by atoms with Gasteiger partial charge in [-0.3, -0.25) is 4.57 Å². The molecule has 0 amide bonds. The van der Waals surface area contributed by atoms with Crippen molar-refractivity contribution >= 4 is 61.7 Å². The molecule has 0 aliphatic carbocycles. The Morgan fingerprint density at radius 2 is 1.01 bits per heavy atom. The number of hydrogen-bond donors (Lipinski definition) is 0. The molecule has 0 bridgehead atoms. The van der Waals surface area contributed by atoms with Crippen molar-refractivity contribution in [3.8, 4) is 62.1 Å². The number of aromatic nitrogens is 4. The zero-order chi connectivity index (χ0) is 54.3. The fourth-order valence-electron chi connectivity index (χ4n) is 12.5. The summed E-state index contributed by atoms with van der Waals surface area (Å²) in [6.07, 6.45) is 5.85. The zero-order valence-corrected chi connectivity index (χ0v) is 49.4. The maximum Gasteiger partial charge on any atom is 0.268 e. The predicted octanol–water partition coefficient (Wildman–Crippen LogP) is 14.9. The van der Waals surface area contributed by atoms with Gasteiger partial charge in [0.1, 0.15) is 5.82 Å². The van der Waals surface area contributed by atoms with Crippen LogP contribution in [0.1, 0.15) is 52.7 Å². The van der Waals surface area contributed by atoms with Crippen LogP contribution in [0, 0.1) is 18.5 Å². The molecule has 1 aliphatic rings. The Balaban J connectivity index is 0.00000618. The van der Waals surface area contributed by atoms with E-state index < -0.39 is 8.07 Å². The fourth-order valence-corrected chi connectivity index (χ4v) is 17.3. The summed E-state index contributed by atoms with van der Waals surface area (Å²) in [5, 5.41) is 7.46. The molecule has 7 heteroatoms. The maximum absolute atomic E-state index is 6.94. The van der Waals surface area contributed by atoms with Gasteiger partial charge in [0, 0.05) is 44.3 Å². The van der Waals surface area contributed by atoms with Gasteiger partial charge in [0.15, 0.2) is 8.07 Å². The van der Waals surface area contributed by atoms with Crippen molar-refractivity contribution in [1.29, 1.82) is 0 Å². The number of para-hydroxylation sites is 2. The molecule has 4 heterocycles. The second-order valence-electron chi connectivity index (χ2n) is 23.1. The Bertz CT molecular complexity index is 4430. The Morgan fingerprint density at radius 3 is 1.64 bits per heavy atom. The first-order chi connectivity index (χ1) is 38.9. The molecule has 0 unspecified atom stereocenters. The normalized spacial score (nSPS) is 12.2. The fraction of sp³-hybridized carbons (Fsp3) is 0.108. The third-order valence-corrected chi connectivity index (χ3v) is 21.0. The van der Waals surface area contributed by atoms with E-state index in [1.54, 1.807) is 0 Å². The first-order valence-electron chi connectivity index (χ1n) is 27.6. The van der Waals surface area contributed by atoms with Crippen LogP contribution in [0.15, 0.2) is 243 Å². The number of benzene rings is 10. The molecule has 0 saturated carbocycles. The van der Waals surface area contributed by atoms with Crippen LogP contribution in [0.25, 0.3) is 83.4 Å². The van der Waals surface area contributed by atoms with Gasteiger partial charge < -0.3 is 13.9 Å². The molecular formula is C74H58N4OPtSi-2. The van der Waals surface area contributed by atoms with Gasteiger partial charge in [0.25, 0.3) is 6.33 Å². The number of ether oxygens (including phenoxy) is 1. The van der Waals surface area contributed by atoms with Crippen molar-refractivity contribution in [2.45, 2.75) is 52.4 Å². The molecule has 0 spiro atoms. The van der Waals surface area contributed by atoms with Crippen molar-refractivity contribution in [3.05, 3.63) is 272 Å². The van der Waals surface area contributed by atoms with Crippen molar-refractivity contribution in [3.63, 3.8) is 0 Å². The number of hydrogen-bond acceptors (Lipinski definition) is 2. The van der Waals surface area contributed by atoms with Crippen LogP contribution in [-0.2, 0) is 31.9 Å². The van der Waals surface area contributed by atoms with E-state index in [-0.39, 0.29) is 31.9 Å². The zero-order valence-electron chi connectivity index (χ0n) is 46.1. The van der Waals surface area contributed by atoms with Gasteiger partial charge in [-0.2, -0.15) is 18.2 Å². The molecule has 3 aromatic heterocycles. The van der Waals surface area contributed by atoms with Crippen molar-refractivity contribution in [1.82, 2.24) is 14.1 Å². The molecular weight excluding hydrogens is 1180 g/mol. The minimum absolute atomic E-state index is 0. The van der Waals surface area contributed by atoms with Crippen molar-refractivity contribution in [2.75, 3.05) is 0 Å². The summed E-state index contributed by atoms with van der Waals surface area (Å²) in [5.74, 6) is 1.97. The third kappa shape index (κ3) is 8.63. The molecule has 13 aromatic rings. The van der Waals surface area contributed by atoms with E-state index in [1.807, 2.05) is 24.4 Å². The molecule has 396 valence electrons. The second-order valence-corrected chi connectivity index (χ2v) is 27.0. The maximum atomic E-state index is 6.94. The molecule has 0 saturated heterocycles. The first-order valence-corrected chi connectivity index (χ1v) is 29.6. The number of pyridine rings is 1. The van der Waals surface area contributed by atoms with E-state index in [4.69, 9.17) is 9.72 Å². The monoisotopic (exact) mass is 1240 g/mol. The van der Waals surface area contributed by atoms with E-state index in [9.17, 15) is 0 Å². The average molecular weight is 1240 g/mol. The molecule has 0 fully saturated rings. The van der Waals surface area contributed by atoms with E-state index in [2.05, 4.69) is 292 Å². The predicted molar refractivity (Wildman–Crippen MR) is 331 cm³/mol. The Labute approximate surface area is 489 Å². The van der Waals surface area contributed by atoms with Gasteiger partial charge in [0.2, 0.25) is 0 Å². The molecule has 10 aromatic carbocycles. The van der Waals surface area contributed by atoms with Gasteiger partial charge in [-0.25, -0.2) is 4.98 Å². The van der Waals surface area contributed by atoms with Gasteiger partial charge >= 0.3 is 0 Å². The topological polar surface area (TPSA) is 35.9 Å². The van der Waals surface area contributed by atoms with Gasteiger partial charge in [-0.1, -0.05) is 235 Å². The molecule has 0 radical (unpaired) electrons. The largest absolute Gasteiger partial charge is 0.510 e. The SMILES string of the molecule is CC(C)(C)c1ccnc(-n2c3[c-]c(Oc4[c-]c(-n5[c-][n+]6c7c(cccc75)-c5ccccc5-c5ccccc5-c5cccc(C(C)(C)C)c5-6)ccc4)ccc3c3cc([Si](c4ccccc4)(c4ccccc4)c4ccccc4)ccc32)c1.[Pt].